The first-order valence-corrected chi connectivity index (χ1v) is 10.8. The maximum Gasteiger partial charge on any atom is 0.416 e. The van der Waals surface area contributed by atoms with E-state index in [1.54, 1.807) is 4.90 Å². The Morgan fingerprint density at radius 3 is 2.03 bits per heavy atom. The van der Waals surface area contributed by atoms with Crippen molar-refractivity contribution in [2.24, 2.45) is 0 Å². The molecule has 2 aromatic carbocycles. The standard InChI is InChI=1S/C20H22F3N3O3S/c1-24-30(28,29)18-8-4-16(5-9-18)19(27)26-12-10-25(11-13-26)14-15-2-6-17(7-3-15)20(21,22)23/h2-9,24H,10-14H2,1H3. The summed E-state index contributed by atoms with van der Waals surface area (Å²) >= 11 is 0. The van der Waals surface area contributed by atoms with Crippen LogP contribution in [0.3, 0.4) is 0 Å². The number of halogens is 3. The van der Waals surface area contributed by atoms with E-state index in [-0.39, 0.29) is 10.8 Å². The Labute approximate surface area is 173 Å². The topological polar surface area (TPSA) is 69.7 Å². The van der Waals surface area contributed by atoms with Crippen molar-refractivity contribution >= 4 is 15.9 Å². The first kappa shape index (κ1) is 22.3. The summed E-state index contributed by atoms with van der Waals surface area (Å²) in [5, 5.41) is 0. The van der Waals surface area contributed by atoms with Gasteiger partial charge in [-0.05, 0) is 49.0 Å². The van der Waals surface area contributed by atoms with Crippen molar-refractivity contribution in [2.45, 2.75) is 17.6 Å². The zero-order chi connectivity index (χ0) is 21.9. The highest BCUT2D eigenvalue weighted by Gasteiger charge is 2.30. The summed E-state index contributed by atoms with van der Waals surface area (Å²) in [7, 11) is -2.24. The molecule has 0 atom stereocenters. The first-order valence-electron chi connectivity index (χ1n) is 9.31. The third-order valence-corrected chi connectivity index (χ3v) is 6.46. The van der Waals surface area contributed by atoms with Crippen molar-refractivity contribution in [3.8, 4) is 0 Å². The van der Waals surface area contributed by atoms with Gasteiger partial charge in [0.05, 0.1) is 10.5 Å². The molecule has 1 amide bonds. The lowest BCUT2D eigenvalue weighted by Gasteiger charge is -2.34. The molecule has 0 saturated carbocycles. The van der Waals surface area contributed by atoms with E-state index in [2.05, 4.69) is 9.62 Å². The predicted octanol–water partition coefficient (Wildman–Crippen LogP) is 2.57. The van der Waals surface area contributed by atoms with Gasteiger partial charge in [0.1, 0.15) is 0 Å². The number of nitrogens with one attached hydrogen (secondary N) is 1. The molecule has 1 aliphatic heterocycles. The molecule has 0 aromatic heterocycles. The molecule has 0 unspecified atom stereocenters. The molecule has 2 aromatic rings. The van der Waals surface area contributed by atoms with Gasteiger partial charge in [-0.1, -0.05) is 12.1 Å². The van der Waals surface area contributed by atoms with Gasteiger partial charge in [-0.25, -0.2) is 13.1 Å². The highest BCUT2D eigenvalue weighted by molar-refractivity contribution is 7.89. The number of alkyl halides is 3. The van der Waals surface area contributed by atoms with Gasteiger partial charge in [-0.15, -0.1) is 0 Å². The molecule has 1 N–H and O–H groups in total. The van der Waals surface area contributed by atoms with Gasteiger partial charge >= 0.3 is 6.18 Å². The minimum atomic E-state index is -4.35. The quantitative estimate of drug-likeness (QED) is 0.775. The van der Waals surface area contributed by atoms with E-state index in [1.165, 1.54) is 43.4 Å². The SMILES string of the molecule is CNS(=O)(=O)c1ccc(C(=O)N2CCN(Cc3ccc(C(F)(F)F)cc3)CC2)cc1. The van der Waals surface area contributed by atoms with E-state index >= 15 is 0 Å². The highest BCUT2D eigenvalue weighted by Crippen LogP contribution is 2.29. The lowest BCUT2D eigenvalue weighted by molar-refractivity contribution is -0.137. The van der Waals surface area contributed by atoms with Crippen molar-refractivity contribution in [1.82, 2.24) is 14.5 Å². The highest BCUT2D eigenvalue weighted by atomic mass is 32.2. The predicted molar refractivity (Wildman–Crippen MR) is 105 cm³/mol. The Morgan fingerprint density at radius 2 is 1.53 bits per heavy atom. The molecule has 10 heteroatoms. The number of hydrogen-bond acceptors (Lipinski definition) is 4. The lowest BCUT2D eigenvalue weighted by Crippen LogP contribution is -2.48. The number of carbonyl (C=O) groups is 1. The lowest BCUT2D eigenvalue weighted by atomic mass is 10.1. The molecule has 30 heavy (non-hydrogen) atoms. The molecule has 0 radical (unpaired) electrons. The molecule has 0 spiro atoms. The number of sulfonamides is 1. The minimum absolute atomic E-state index is 0.0860. The number of piperazine rings is 1. The second-order valence-electron chi connectivity index (χ2n) is 6.99. The van der Waals surface area contributed by atoms with Crippen LogP contribution in [0, 0.1) is 0 Å². The normalized spacial score (nSPS) is 15.9. The Bertz CT molecular complexity index is 983. The van der Waals surface area contributed by atoms with Gasteiger partial charge in [0.15, 0.2) is 0 Å². The van der Waals surface area contributed by atoms with Gasteiger partial charge in [0, 0.05) is 38.3 Å². The molecular formula is C20H22F3N3O3S. The maximum absolute atomic E-state index is 12.7. The average molecular weight is 441 g/mol. The van der Waals surface area contributed by atoms with E-state index in [0.29, 0.717) is 38.3 Å². The zero-order valence-corrected chi connectivity index (χ0v) is 17.1. The number of carbonyl (C=O) groups excluding carboxylic acids is 1. The number of rotatable bonds is 5. The van der Waals surface area contributed by atoms with Gasteiger partial charge in [0.25, 0.3) is 5.91 Å². The zero-order valence-electron chi connectivity index (χ0n) is 16.3. The maximum atomic E-state index is 12.7. The van der Waals surface area contributed by atoms with Crippen LogP contribution >= 0.6 is 0 Å². The molecule has 0 bridgehead atoms. The van der Waals surface area contributed by atoms with E-state index in [1.807, 2.05) is 0 Å². The second kappa shape index (κ2) is 8.75. The fourth-order valence-corrected chi connectivity index (χ4v) is 3.97. The molecule has 1 heterocycles. The van der Waals surface area contributed by atoms with Crippen LogP contribution in [0.1, 0.15) is 21.5 Å². The van der Waals surface area contributed by atoms with Crippen molar-refractivity contribution in [3.05, 3.63) is 65.2 Å². The van der Waals surface area contributed by atoms with Crippen LogP contribution in [-0.2, 0) is 22.7 Å². The van der Waals surface area contributed by atoms with Crippen molar-refractivity contribution in [3.63, 3.8) is 0 Å². The van der Waals surface area contributed by atoms with Crippen LogP contribution in [0.2, 0.25) is 0 Å². The molecule has 3 rings (SSSR count). The summed E-state index contributed by atoms with van der Waals surface area (Å²) < 4.78 is 63.7. The smallest absolute Gasteiger partial charge is 0.336 e. The van der Waals surface area contributed by atoms with Crippen molar-refractivity contribution in [1.29, 1.82) is 0 Å². The van der Waals surface area contributed by atoms with Crippen molar-refractivity contribution in [2.75, 3.05) is 33.2 Å². The van der Waals surface area contributed by atoms with Crippen LogP contribution in [0.4, 0.5) is 13.2 Å². The van der Waals surface area contributed by atoms with E-state index in [9.17, 15) is 26.4 Å². The number of hydrogen-bond donors (Lipinski definition) is 1. The summed E-state index contributed by atoms with van der Waals surface area (Å²) in [5.41, 5.74) is 0.514. The Kier molecular flexibility index (Phi) is 6.49. The molecule has 1 saturated heterocycles. The Hall–Kier alpha value is -2.43. The van der Waals surface area contributed by atoms with Gasteiger partial charge < -0.3 is 4.90 Å². The molecule has 0 aliphatic carbocycles. The number of benzene rings is 2. The Morgan fingerprint density at radius 1 is 0.967 bits per heavy atom. The van der Waals surface area contributed by atoms with E-state index < -0.39 is 21.8 Å². The largest absolute Gasteiger partial charge is 0.416 e. The molecule has 6 nitrogen and oxygen atoms in total. The minimum Gasteiger partial charge on any atom is -0.336 e. The third-order valence-electron chi connectivity index (χ3n) is 5.03. The van der Waals surface area contributed by atoms with E-state index in [4.69, 9.17) is 0 Å². The van der Waals surface area contributed by atoms with Gasteiger partial charge in [-0.2, -0.15) is 13.2 Å². The summed E-state index contributed by atoms with van der Waals surface area (Å²) in [4.78, 5) is 16.5. The van der Waals surface area contributed by atoms with Crippen LogP contribution in [0.25, 0.3) is 0 Å². The first-order chi connectivity index (χ1) is 14.1. The Balaban J connectivity index is 1.55. The fourth-order valence-electron chi connectivity index (χ4n) is 3.24. The van der Waals surface area contributed by atoms with Crippen LogP contribution in [0.15, 0.2) is 53.4 Å². The van der Waals surface area contributed by atoms with Crippen molar-refractivity contribution < 1.29 is 26.4 Å². The van der Waals surface area contributed by atoms with Crippen LogP contribution < -0.4 is 4.72 Å². The summed E-state index contributed by atoms with van der Waals surface area (Å²) in [5.74, 6) is -0.183. The van der Waals surface area contributed by atoms with E-state index in [0.717, 1.165) is 17.7 Å². The van der Waals surface area contributed by atoms with Gasteiger partial charge in [-0.3, -0.25) is 9.69 Å². The monoisotopic (exact) mass is 441 g/mol. The van der Waals surface area contributed by atoms with Gasteiger partial charge in [0.2, 0.25) is 10.0 Å². The molecule has 1 aliphatic rings. The molecule has 162 valence electrons. The van der Waals surface area contributed by atoms with Crippen LogP contribution in [0.5, 0.6) is 0 Å². The summed E-state index contributed by atoms with van der Waals surface area (Å²) in [6.45, 7) is 2.67. The number of amides is 1. The third kappa shape index (κ3) is 5.18. The molecular weight excluding hydrogens is 419 g/mol. The summed E-state index contributed by atoms with van der Waals surface area (Å²) in [6, 6.07) is 10.9. The second-order valence-corrected chi connectivity index (χ2v) is 8.88. The summed E-state index contributed by atoms with van der Waals surface area (Å²) in [6.07, 6.45) is -4.35. The molecule has 1 fully saturated rings. The number of nitrogens with zero attached hydrogens (tertiary/aromatic N) is 2. The average Bonchev–Trinajstić information content (AvgIpc) is 2.73. The van der Waals surface area contributed by atoms with Crippen LogP contribution in [-0.4, -0.2) is 57.4 Å². The fraction of sp³-hybridized carbons (Fsp3) is 0.350.